The van der Waals surface area contributed by atoms with E-state index in [0.717, 1.165) is 0 Å². The Kier molecular flexibility index (Phi) is 19.1. The second-order valence-corrected chi connectivity index (χ2v) is 2.44. The molecule has 0 aromatic rings. The lowest BCUT2D eigenvalue weighted by Crippen LogP contribution is -2.19. The molecule has 0 aliphatic carbocycles. The molecule has 0 aliphatic heterocycles. The molecule has 0 heterocycles. The van der Waals surface area contributed by atoms with Gasteiger partial charge in [0, 0.05) is 6.54 Å². The first-order chi connectivity index (χ1) is 5.04. The van der Waals surface area contributed by atoms with E-state index in [1.165, 1.54) is 6.08 Å². The number of likely N-dealkylation sites (N-methyl/N-ethyl adjacent to an activating group) is 1. The molecule has 4 heteroatoms. The summed E-state index contributed by atoms with van der Waals surface area (Å²) in [6.07, 6.45) is 1.25. The lowest BCUT2D eigenvalue weighted by molar-refractivity contribution is -0.116. The third kappa shape index (κ3) is 34.0. The van der Waals surface area contributed by atoms with Crippen molar-refractivity contribution in [2.24, 2.45) is 0 Å². The van der Waals surface area contributed by atoms with Gasteiger partial charge in [0.2, 0.25) is 5.91 Å². The lowest BCUT2D eigenvalue weighted by atomic mass is 10.6. The van der Waals surface area contributed by atoms with Gasteiger partial charge in [0.05, 0.1) is 0 Å². The van der Waals surface area contributed by atoms with E-state index in [4.69, 9.17) is 0 Å². The summed E-state index contributed by atoms with van der Waals surface area (Å²) in [5.41, 5.74) is 0. The van der Waals surface area contributed by atoms with Crippen LogP contribution in [0.2, 0.25) is 0 Å². The van der Waals surface area contributed by atoms with Gasteiger partial charge in [0.15, 0.2) is 0 Å². The average Bonchev–Trinajstić information content (AvgIpc) is 1.87. The molecule has 0 radical (unpaired) electrons. The van der Waals surface area contributed by atoms with E-state index >= 15 is 0 Å². The first kappa shape index (κ1) is 17.5. The molecular formula is C8H19ClN2O. The van der Waals surface area contributed by atoms with E-state index in [1.807, 2.05) is 33.0 Å². The summed E-state index contributed by atoms with van der Waals surface area (Å²) in [4.78, 5) is 12.2. The highest BCUT2D eigenvalue weighted by atomic mass is 35.5. The highest BCUT2D eigenvalue weighted by molar-refractivity contribution is 5.86. The molecule has 0 spiro atoms. The number of nitrogens with one attached hydrogen (secondary N) is 1. The zero-order valence-electron chi connectivity index (χ0n) is 8.26. The topological polar surface area (TPSA) is 32.3 Å². The van der Waals surface area contributed by atoms with Crippen LogP contribution in [-0.2, 0) is 4.79 Å². The van der Waals surface area contributed by atoms with Gasteiger partial charge in [-0.2, -0.15) is 0 Å². The summed E-state index contributed by atoms with van der Waals surface area (Å²) in [6, 6.07) is 0. The van der Waals surface area contributed by atoms with E-state index in [-0.39, 0.29) is 18.3 Å². The van der Waals surface area contributed by atoms with Gasteiger partial charge in [0.1, 0.15) is 0 Å². The van der Waals surface area contributed by atoms with Crippen LogP contribution in [0.1, 0.15) is 6.92 Å². The number of rotatable bonds is 2. The summed E-state index contributed by atoms with van der Waals surface area (Å²) in [6.45, 7) is 5.80. The molecule has 0 saturated carbocycles. The van der Waals surface area contributed by atoms with Crippen molar-refractivity contribution < 1.29 is 4.79 Å². The van der Waals surface area contributed by atoms with E-state index < -0.39 is 0 Å². The number of nitrogens with zero attached hydrogens (tertiary/aromatic N) is 1. The average molecular weight is 195 g/mol. The molecule has 0 aromatic heterocycles. The lowest BCUT2D eigenvalue weighted by Gasteiger charge is -1.90. The quantitative estimate of drug-likeness (QED) is 0.663. The molecule has 0 rings (SSSR count). The van der Waals surface area contributed by atoms with Gasteiger partial charge >= 0.3 is 0 Å². The van der Waals surface area contributed by atoms with Gasteiger partial charge in [-0.05, 0) is 34.1 Å². The number of halogens is 1. The van der Waals surface area contributed by atoms with E-state index in [1.54, 1.807) is 0 Å². The summed E-state index contributed by atoms with van der Waals surface area (Å²) < 4.78 is 0. The molecule has 0 atom stereocenters. The van der Waals surface area contributed by atoms with Crippen LogP contribution >= 0.6 is 12.4 Å². The fourth-order valence-electron chi connectivity index (χ4n) is 0.246. The van der Waals surface area contributed by atoms with Crippen molar-refractivity contribution in [2.45, 2.75) is 6.92 Å². The van der Waals surface area contributed by atoms with Gasteiger partial charge in [-0.15, -0.1) is 12.4 Å². The third-order valence-corrected chi connectivity index (χ3v) is 0.536. The van der Waals surface area contributed by atoms with Crippen LogP contribution in [0.5, 0.6) is 0 Å². The summed E-state index contributed by atoms with van der Waals surface area (Å²) in [7, 11) is 6.00. The van der Waals surface area contributed by atoms with Gasteiger partial charge in [0.25, 0.3) is 0 Å². The highest BCUT2D eigenvalue weighted by Gasteiger charge is 1.83. The fourth-order valence-corrected chi connectivity index (χ4v) is 0.246. The summed E-state index contributed by atoms with van der Waals surface area (Å²) >= 11 is 0. The number of carbonyl (C=O) groups excluding carboxylic acids is 1. The normalized spacial score (nSPS) is 7.42. The Morgan fingerprint density at radius 2 is 1.83 bits per heavy atom. The van der Waals surface area contributed by atoms with Crippen molar-refractivity contribution in [1.29, 1.82) is 0 Å². The van der Waals surface area contributed by atoms with E-state index in [2.05, 4.69) is 11.9 Å². The Balaban J connectivity index is -0.000000142. The molecule has 0 unspecified atom stereocenters. The molecule has 3 nitrogen and oxygen atoms in total. The SMILES string of the molecule is C=CC(=O)NCC.CN(C)C.Cl. The van der Waals surface area contributed by atoms with Crippen molar-refractivity contribution in [3.8, 4) is 0 Å². The highest BCUT2D eigenvalue weighted by Crippen LogP contribution is 1.61. The number of hydrogen-bond acceptors (Lipinski definition) is 2. The molecule has 0 aromatic carbocycles. The fraction of sp³-hybridized carbons (Fsp3) is 0.625. The Morgan fingerprint density at radius 3 is 1.92 bits per heavy atom. The second kappa shape index (κ2) is 13.1. The Hall–Kier alpha value is -0.540. The number of amides is 1. The van der Waals surface area contributed by atoms with Crippen molar-refractivity contribution in [1.82, 2.24) is 10.2 Å². The largest absolute Gasteiger partial charge is 0.353 e. The van der Waals surface area contributed by atoms with Crippen LogP contribution in [0.3, 0.4) is 0 Å². The third-order valence-electron chi connectivity index (χ3n) is 0.536. The minimum Gasteiger partial charge on any atom is -0.353 e. The zero-order chi connectivity index (χ0) is 9.28. The molecule has 0 aliphatic rings. The maximum atomic E-state index is 10.2. The van der Waals surface area contributed by atoms with Crippen LogP contribution < -0.4 is 5.32 Å². The van der Waals surface area contributed by atoms with Crippen molar-refractivity contribution in [3.05, 3.63) is 12.7 Å². The van der Waals surface area contributed by atoms with E-state index in [9.17, 15) is 4.79 Å². The molecule has 12 heavy (non-hydrogen) atoms. The monoisotopic (exact) mass is 194 g/mol. The Bertz CT molecular complexity index is 113. The van der Waals surface area contributed by atoms with Crippen LogP contribution in [-0.4, -0.2) is 38.5 Å². The van der Waals surface area contributed by atoms with E-state index in [0.29, 0.717) is 6.54 Å². The van der Waals surface area contributed by atoms with Crippen molar-refractivity contribution in [2.75, 3.05) is 27.7 Å². The zero-order valence-corrected chi connectivity index (χ0v) is 9.07. The van der Waals surface area contributed by atoms with Crippen LogP contribution in [0, 0.1) is 0 Å². The summed E-state index contributed by atoms with van der Waals surface area (Å²) in [5, 5.41) is 2.54. The maximum absolute atomic E-state index is 10.2. The molecule has 74 valence electrons. The molecule has 0 fully saturated rings. The first-order valence-electron chi connectivity index (χ1n) is 3.55. The Morgan fingerprint density at radius 1 is 1.50 bits per heavy atom. The van der Waals surface area contributed by atoms with Gasteiger partial charge in [-0.3, -0.25) is 4.79 Å². The van der Waals surface area contributed by atoms with Gasteiger partial charge in [-0.1, -0.05) is 6.58 Å². The molecular weight excluding hydrogens is 176 g/mol. The predicted molar refractivity (Wildman–Crippen MR) is 55.7 cm³/mol. The standard InChI is InChI=1S/C5H9NO.C3H9N.ClH/c1-3-5(7)6-4-2;1-4(2)3;/h3H,1,4H2,2H3,(H,6,7);1-3H3;1H. The van der Waals surface area contributed by atoms with Crippen molar-refractivity contribution >= 4 is 18.3 Å². The maximum Gasteiger partial charge on any atom is 0.243 e. The number of hydrogen-bond donors (Lipinski definition) is 1. The Labute approximate surface area is 81.2 Å². The van der Waals surface area contributed by atoms with Crippen LogP contribution in [0.25, 0.3) is 0 Å². The van der Waals surface area contributed by atoms with Crippen LogP contribution in [0.15, 0.2) is 12.7 Å². The minimum absolute atomic E-state index is 0. The molecule has 1 amide bonds. The minimum atomic E-state index is -0.109. The predicted octanol–water partition coefficient (Wildman–Crippen LogP) is 0.908. The van der Waals surface area contributed by atoms with Gasteiger partial charge < -0.3 is 10.2 Å². The van der Waals surface area contributed by atoms with Crippen LogP contribution in [0.4, 0.5) is 0 Å². The molecule has 1 N–H and O–H groups in total. The molecule has 0 bridgehead atoms. The first-order valence-corrected chi connectivity index (χ1v) is 3.55. The smallest absolute Gasteiger partial charge is 0.243 e. The second-order valence-electron chi connectivity index (χ2n) is 2.44. The summed E-state index contributed by atoms with van der Waals surface area (Å²) in [5.74, 6) is -0.109. The van der Waals surface area contributed by atoms with Crippen molar-refractivity contribution in [3.63, 3.8) is 0 Å². The number of carbonyl (C=O) groups is 1. The molecule has 0 saturated heterocycles. The van der Waals surface area contributed by atoms with Gasteiger partial charge in [-0.25, -0.2) is 0 Å².